The van der Waals surface area contributed by atoms with Crippen molar-refractivity contribution in [3.8, 4) is 40.4 Å². The van der Waals surface area contributed by atoms with Crippen molar-refractivity contribution in [2.45, 2.75) is 5.16 Å². The molecule has 0 atom stereocenters. The minimum absolute atomic E-state index is 0.250. The molecule has 154 valence electrons. The number of thioether (sulfide) groups is 1. The Morgan fingerprint density at radius 3 is 2.45 bits per heavy atom. The number of methoxy groups -OCH3 is 1. The molecule has 0 fully saturated rings. The van der Waals surface area contributed by atoms with Crippen molar-refractivity contribution in [3.63, 3.8) is 0 Å². The van der Waals surface area contributed by atoms with Crippen LogP contribution >= 0.6 is 23.4 Å². The van der Waals surface area contributed by atoms with E-state index in [-0.39, 0.29) is 5.75 Å². The van der Waals surface area contributed by atoms with Gasteiger partial charge in [0, 0.05) is 5.02 Å². The van der Waals surface area contributed by atoms with Gasteiger partial charge in [0.15, 0.2) is 11.0 Å². The lowest BCUT2D eigenvalue weighted by Gasteiger charge is -2.13. The molecular weight excluding hydrogens is 432 g/mol. The first-order valence-corrected chi connectivity index (χ1v) is 10.7. The number of hydrogen-bond acceptors (Lipinski definition) is 6. The zero-order valence-electron chi connectivity index (χ0n) is 16.5. The zero-order valence-corrected chi connectivity index (χ0v) is 18.1. The molecule has 4 aromatic rings. The maximum absolute atomic E-state index is 9.03. The molecular formula is C23H17ClN4O2S. The van der Waals surface area contributed by atoms with E-state index in [1.165, 1.54) is 11.8 Å². The van der Waals surface area contributed by atoms with Crippen molar-refractivity contribution in [1.82, 2.24) is 14.8 Å². The fraction of sp³-hybridized carbons (Fsp3) is 0.0870. The molecule has 0 radical (unpaired) electrons. The van der Waals surface area contributed by atoms with Gasteiger partial charge in [0.25, 0.3) is 0 Å². The average Bonchev–Trinajstić information content (AvgIpc) is 3.22. The molecule has 0 saturated heterocycles. The third-order valence-electron chi connectivity index (χ3n) is 4.38. The summed E-state index contributed by atoms with van der Waals surface area (Å²) in [6.07, 6.45) is 0. The lowest BCUT2D eigenvalue weighted by molar-refractivity contribution is 0.416. The Balaban J connectivity index is 1.75. The number of aromatic nitrogens is 3. The van der Waals surface area contributed by atoms with E-state index in [1.807, 2.05) is 59.2 Å². The summed E-state index contributed by atoms with van der Waals surface area (Å²) in [4.78, 5) is 0. The van der Waals surface area contributed by atoms with Crippen LogP contribution in [0.4, 0.5) is 0 Å². The summed E-state index contributed by atoms with van der Waals surface area (Å²) >= 11 is 7.54. The van der Waals surface area contributed by atoms with Gasteiger partial charge in [0.1, 0.15) is 17.2 Å². The van der Waals surface area contributed by atoms with E-state index < -0.39 is 0 Å². The summed E-state index contributed by atoms with van der Waals surface area (Å²) in [6, 6.07) is 24.6. The van der Waals surface area contributed by atoms with E-state index in [0.29, 0.717) is 33.1 Å². The molecule has 3 aromatic carbocycles. The van der Waals surface area contributed by atoms with Crippen LogP contribution in [0.2, 0.25) is 5.02 Å². The summed E-state index contributed by atoms with van der Waals surface area (Å²) in [5, 5.41) is 18.8. The van der Waals surface area contributed by atoms with Crippen molar-refractivity contribution < 1.29 is 9.47 Å². The van der Waals surface area contributed by atoms with Gasteiger partial charge in [0.05, 0.1) is 30.2 Å². The minimum Gasteiger partial charge on any atom is -0.496 e. The van der Waals surface area contributed by atoms with E-state index in [1.54, 1.807) is 25.3 Å². The number of nitrogens with zero attached hydrogens (tertiary/aromatic N) is 4. The summed E-state index contributed by atoms with van der Waals surface area (Å²) in [5.74, 6) is 2.90. The topological polar surface area (TPSA) is 73.0 Å². The summed E-state index contributed by atoms with van der Waals surface area (Å²) in [5.41, 5.74) is 1.53. The maximum Gasteiger partial charge on any atom is 0.197 e. The molecule has 1 heterocycles. The molecule has 6 nitrogen and oxygen atoms in total. The van der Waals surface area contributed by atoms with Crippen molar-refractivity contribution in [2.75, 3.05) is 12.9 Å². The number of halogens is 1. The molecule has 0 bridgehead atoms. The van der Waals surface area contributed by atoms with Crippen LogP contribution in [0.15, 0.2) is 78.0 Å². The monoisotopic (exact) mass is 448 g/mol. The molecule has 1 aromatic heterocycles. The second kappa shape index (κ2) is 9.56. The van der Waals surface area contributed by atoms with E-state index >= 15 is 0 Å². The SMILES string of the molecule is COc1ccc(Cl)cc1-c1nnc(SCC#N)n1-c1ccc(Oc2ccccc2)cc1. The fourth-order valence-electron chi connectivity index (χ4n) is 3.01. The molecule has 0 aliphatic carbocycles. The molecule has 0 aliphatic rings. The van der Waals surface area contributed by atoms with Crippen LogP contribution in [0.25, 0.3) is 17.1 Å². The van der Waals surface area contributed by atoms with Crippen LogP contribution in [0.3, 0.4) is 0 Å². The molecule has 0 spiro atoms. The van der Waals surface area contributed by atoms with Gasteiger partial charge in [0.2, 0.25) is 0 Å². The second-order valence-corrected chi connectivity index (χ2v) is 7.72. The Bertz CT molecular complexity index is 1220. The Morgan fingerprint density at radius 2 is 1.74 bits per heavy atom. The van der Waals surface area contributed by atoms with E-state index in [4.69, 9.17) is 26.3 Å². The van der Waals surface area contributed by atoms with Crippen molar-refractivity contribution in [1.29, 1.82) is 5.26 Å². The summed E-state index contributed by atoms with van der Waals surface area (Å²) in [7, 11) is 1.59. The van der Waals surface area contributed by atoms with E-state index in [9.17, 15) is 0 Å². The average molecular weight is 449 g/mol. The van der Waals surface area contributed by atoms with Crippen LogP contribution in [0, 0.1) is 11.3 Å². The predicted molar refractivity (Wildman–Crippen MR) is 121 cm³/mol. The molecule has 0 saturated carbocycles. The fourth-order valence-corrected chi connectivity index (χ4v) is 3.80. The third-order valence-corrected chi connectivity index (χ3v) is 5.41. The molecule has 31 heavy (non-hydrogen) atoms. The van der Waals surface area contributed by atoms with Gasteiger partial charge in [-0.3, -0.25) is 4.57 Å². The molecule has 4 rings (SSSR count). The molecule has 0 unspecified atom stereocenters. The third kappa shape index (κ3) is 4.66. The van der Waals surface area contributed by atoms with Crippen LogP contribution in [-0.2, 0) is 0 Å². The maximum atomic E-state index is 9.03. The predicted octanol–water partition coefficient (Wildman–Crippen LogP) is 6.00. The summed E-state index contributed by atoms with van der Waals surface area (Å²) in [6.45, 7) is 0. The van der Waals surface area contributed by atoms with Gasteiger partial charge in [-0.05, 0) is 54.6 Å². The van der Waals surface area contributed by atoms with E-state index in [2.05, 4.69) is 16.3 Å². The highest BCUT2D eigenvalue weighted by Crippen LogP contribution is 2.35. The number of para-hydroxylation sites is 1. The quantitative estimate of drug-likeness (QED) is 0.322. The lowest BCUT2D eigenvalue weighted by Crippen LogP contribution is -2.01. The standard InChI is InChI=1S/C23H17ClN4O2S/c1-29-21-12-7-16(24)15-20(21)22-26-27-23(31-14-13-25)28(22)17-8-10-19(11-9-17)30-18-5-3-2-4-6-18/h2-12,15H,14H2,1H3. The minimum atomic E-state index is 0.250. The smallest absolute Gasteiger partial charge is 0.197 e. The number of nitriles is 1. The molecule has 0 amide bonds. The van der Waals surface area contributed by atoms with Gasteiger partial charge in [-0.25, -0.2) is 0 Å². The van der Waals surface area contributed by atoms with Crippen molar-refractivity contribution in [3.05, 3.63) is 77.8 Å². The first-order chi connectivity index (χ1) is 15.2. The number of rotatable bonds is 7. The molecule has 0 N–H and O–H groups in total. The second-order valence-electron chi connectivity index (χ2n) is 6.34. The van der Waals surface area contributed by atoms with Crippen LogP contribution < -0.4 is 9.47 Å². The Labute approximate surface area is 189 Å². The van der Waals surface area contributed by atoms with Gasteiger partial charge in [-0.15, -0.1) is 10.2 Å². The zero-order chi connectivity index (χ0) is 21.6. The number of benzene rings is 3. The molecule has 0 aliphatic heterocycles. The van der Waals surface area contributed by atoms with Gasteiger partial charge in [-0.1, -0.05) is 41.6 Å². The first-order valence-electron chi connectivity index (χ1n) is 9.32. The number of hydrogen-bond donors (Lipinski definition) is 0. The van der Waals surface area contributed by atoms with Crippen LogP contribution in [0.1, 0.15) is 0 Å². The highest BCUT2D eigenvalue weighted by atomic mass is 35.5. The first kappa shape index (κ1) is 20.8. The Morgan fingerprint density at radius 1 is 1.00 bits per heavy atom. The van der Waals surface area contributed by atoms with Crippen LogP contribution in [-0.4, -0.2) is 27.6 Å². The largest absolute Gasteiger partial charge is 0.496 e. The van der Waals surface area contributed by atoms with Crippen molar-refractivity contribution in [2.24, 2.45) is 0 Å². The lowest BCUT2D eigenvalue weighted by atomic mass is 10.2. The van der Waals surface area contributed by atoms with E-state index in [0.717, 1.165) is 11.4 Å². The number of ether oxygens (including phenoxy) is 2. The summed E-state index contributed by atoms with van der Waals surface area (Å²) < 4.78 is 13.3. The van der Waals surface area contributed by atoms with Gasteiger partial charge < -0.3 is 9.47 Å². The Kier molecular flexibility index (Phi) is 6.41. The normalized spacial score (nSPS) is 10.5. The molecule has 8 heteroatoms. The highest BCUT2D eigenvalue weighted by molar-refractivity contribution is 7.99. The Hall–Kier alpha value is -3.47. The van der Waals surface area contributed by atoms with Gasteiger partial charge in [-0.2, -0.15) is 5.26 Å². The highest BCUT2D eigenvalue weighted by Gasteiger charge is 2.19. The van der Waals surface area contributed by atoms with Gasteiger partial charge >= 0.3 is 0 Å². The van der Waals surface area contributed by atoms with Crippen molar-refractivity contribution >= 4 is 23.4 Å². The van der Waals surface area contributed by atoms with Crippen LogP contribution in [0.5, 0.6) is 17.2 Å².